The summed E-state index contributed by atoms with van der Waals surface area (Å²) >= 11 is 4.83. The van der Waals surface area contributed by atoms with Crippen LogP contribution in [0.1, 0.15) is 13.8 Å². The molecule has 146 valence electrons. The molecule has 0 bridgehead atoms. The van der Waals surface area contributed by atoms with Gasteiger partial charge in [-0.15, -0.1) is 0 Å². The molecule has 0 aliphatic heterocycles. The van der Waals surface area contributed by atoms with Gasteiger partial charge in [-0.2, -0.15) is 31.9 Å². The van der Waals surface area contributed by atoms with Crippen LogP contribution >= 0.6 is 11.6 Å². The van der Waals surface area contributed by atoms with Crippen LogP contribution in [0.5, 0.6) is 5.88 Å². The first-order valence-electron chi connectivity index (χ1n) is 7.28. The summed E-state index contributed by atoms with van der Waals surface area (Å²) in [6.07, 6.45) is -1.40. The zero-order chi connectivity index (χ0) is 20.6. The van der Waals surface area contributed by atoms with Crippen molar-refractivity contribution in [3.05, 3.63) is 30.7 Å². The van der Waals surface area contributed by atoms with Crippen molar-refractivity contribution in [1.29, 1.82) is 5.41 Å². The molecule has 0 fully saturated rings. The molecule has 0 aromatic carbocycles. The van der Waals surface area contributed by atoms with Crippen LogP contribution in [0.2, 0.25) is 0 Å². The van der Waals surface area contributed by atoms with E-state index in [0.717, 1.165) is 32.4 Å². The summed E-state index contributed by atoms with van der Waals surface area (Å²) in [7, 11) is 0. The Balaban J connectivity index is 2.32. The number of nitrogens with one attached hydrogen (secondary N) is 1. The molecule has 0 radical (unpaired) electrons. The van der Waals surface area contributed by atoms with Crippen molar-refractivity contribution in [1.82, 2.24) is 9.97 Å². The molecule has 0 aliphatic rings. The van der Waals surface area contributed by atoms with Gasteiger partial charge < -0.3 is 10.5 Å². The van der Waals surface area contributed by atoms with E-state index in [1.807, 2.05) is 0 Å². The standard InChI is InChI=1S/C15H13ClF5N5O/c1-13(2,15(19,20)21)27-11-4-3-8(5-25-11)9-7-26(10(22)6-24-9)12(23)14(16,17)18/h3-7,22-23H,1-2H3/p+1. The third-order valence-corrected chi connectivity index (χ3v) is 3.63. The van der Waals surface area contributed by atoms with Crippen molar-refractivity contribution >= 4 is 23.3 Å². The molecule has 0 atom stereocenters. The maximum Gasteiger partial charge on any atom is 0.427 e. The average Bonchev–Trinajstić information content (AvgIpc) is 2.53. The highest BCUT2D eigenvalue weighted by atomic mass is 35.5. The number of anilines is 1. The number of rotatable bonds is 4. The van der Waals surface area contributed by atoms with Crippen LogP contribution in [0.15, 0.2) is 30.7 Å². The molecule has 2 heterocycles. The van der Waals surface area contributed by atoms with E-state index in [9.17, 15) is 22.0 Å². The zero-order valence-electron chi connectivity index (χ0n) is 14.0. The van der Waals surface area contributed by atoms with Crippen molar-refractivity contribution in [2.75, 3.05) is 5.73 Å². The van der Waals surface area contributed by atoms with Crippen molar-refractivity contribution in [3.63, 3.8) is 0 Å². The van der Waals surface area contributed by atoms with Gasteiger partial charge >= 0.3 is 17.4 Å². The number of nitrogen functional groups attached to an aromatic ring is 1. The highest BCUT2D eigenvalue weighted by molar-refractivity contribution is 6.31. The Bertz CT molecular complexity index is 849. The minimum absolute atomic E-state index is 0.0870. The Kier molecular flexibility index (Phi) is 5.28. The number of halogens is 6. The molecule has 3 N–H and O–H groups in total. The summed E-state index contributed by atoms with van der Waals surface area (Å²) in [6.45, 7) is 1.70. The molecule has 6 nitrogen and oxygen atoms in total. The minimum Gasteiger partial charge on any atom is -0.462 e. The average molecular weight is 411 g/mol. The van der Waals surface area contributed by atoms with Crippen molar-refractivity contribution in [2.24, 2.45) is 0 Å². The van der Waals surface area contributed by atoms with E-state index in [1.165, 1.54) is 12.1 Å². The van der Waals surface area contributed by atoms with Gasteiger partial charge in [0.15, 0.2) is 5.60 Å². The van der Waals surface area contributed by atoms with Crippen molar-refractivity contribution in [2.45, 2.75) is 31.0 Å². The maximum atomic E-state index is 13.1. The smallest absolute Gasteiger partial charge is 0.427 e. The third-order valence-electron chi connectivity index (χ3n) is 3.45. The first-order valence-corrected chi connectivity index (χ1v) is 7.65. The second-order valence-electron chi connectivity index (χ2n) is 5.91. The van der Waals surface area contributed by atoms with Gasteiger partial charge in [-0.3, -0.25) is 0 Å². The minimum atomic E-state index is -4.61. The van der Waals surface area contributed by atoms with E-state index in [0.29, 0.717) is 4.57 Å². The molecule has 0 aliphatic carbocycles. The summed E-state index contributed by atoms with van der Waals surface area (Å²) in [5, 5.41) is 3.44. The van der Waals surface area contributed by atoms with Crippen molar-refractivity contribution < 1.29 is 31.3 Å². The van der Waals surface area contributed by atoms with Gasteiger partial charge in [0.25, 0.3) is 0 Å². The lowest BCUT2D eigenvalue weighted by Gasteiger charge is -2.28. The SMILES string of the molecule is CC(C)(Oc1ccc(-c2c[n+](C(=N)C(F)(F)Cl)c(N)cn2)cn1)C(F)(F)F. The molecule has 0 spiro atoms. The highest BCUT2D eigenvalue weighted by Crippen LogP contribution is 2.33. The van der Waals surface area contributed by atoms with Crippen LogP contribution in [-0.4, -0.2) is 33.0 Å². The fourth-order valence-electron chi connectivity index (χ4n) is 1.82. The summed E-state index contributed by atoms with van der Waals surface area (Å²) in [5.41, 5.74) is 3.43. The quantitative estimate of drug-likeness (QED) is 0.266. The Morgan fingerprint density at radius 1 is 1.15 bits per heavy atom. The molecule has 2 rings (SSSR count). The Morgan fingerprint density at radius 2 is 1.78 bits per heavy atom. The second kappa shape index (κ2) is 6.87. The van der Waals surface area contributed by atoms with E-state index in [1.54, 1.807) is 0 Å². The monoisotopic (exact) mass is 410 g/mol. The first kappa shape index (κ1) is 20.7. The lowest BCUT2D eigenvalue weighted by atomic mass is 10.1. The summed E-state index contributed by atoms with van der Waals surface area (Å²) < 4.78 is 70.3. The normalized spacial score (nSPS) is 12.7. The number of nitrogens with zero attached hydrogens (tertiary/aromatic N) is 3. The molecule has 0 amide bonds. The highest BCUT2D eigenvalue weighted by Gasteiger charge is 2.50. The lowest BCUT2D eigenvalue weighted by molar-refractivity contribution is -0.548. The summed E-state index contributed by atoms with van der Waals surface area (Å²) in [5.74, 6) is -1.83. The Labute approximate surface area is 155 Å². The number of nitrogens with two attached hydrogens (primary N) is 1. The molecule has 0 unspecified atom stereocenters. The lowest BCUT2D eigenvalue weighted by Crippen LogP contribution is -2.52. The van der Waals surface area contributed by atoms with Gasteiger partial charge in [0, 0.05) is 17.8 Å². The zero-order valence-corrected chi connectivity index (χ0v) is 14.7. The predicted molar refractivity (Wildman–Crippen MR) is 86.8 cm³/mol. The van der Waals surface area contributed by atoms with E-state index in [4.69, 9.17) is 27.5 Å². The number of pyridine rings is 1. The van der Waals surface area contributed by atoms with Crippen molar-refractivity contribution in [3.8, 4) is 17.1 Å². The predicted octanol–water partition coefficient (Wildman–Crippen LogP) is 3.39. The second-order valence-corrected chi connectivity index (χ2v) is 6.38. The first-order chi connectivity index (χ1) is 12.2. The fourth-order valence-corrected chi connectivity index (χ4v) is 1.91. The molecule has 27 heavy (non-hydrogen) atoms. The van der Waals surface area contributed by atoms with Gasteiger partial charge in [-0.25, -0.2) is 9.97 Å². The summed E-state index contributed by atoms with van der Waals surface area (Å²) in [6, 6.07) is 2.51. The molecule has 2 aromatic rings. The number of hydrogen-bond acceptors (Lipinski definition) is 5. The van der Waals surface area contributed by atoms with Gasteiger partial charge in [-0.1, -0.05) is 0 Å². The van der Waals surface area contributed by atoms with E-state index in [-0.39, 0.29) is 23.0 Å². The molecular weight excluding hydrogens is 397 g/mol. The van der Waals surface area contributed by atoms with Crippen LogP contribution in [0.25, 0.3) is 11.3 Å². The van der Waals surface area contributed by atoms with Crippen LogP contribution in [0, 0.1) is 5.41 Å². The summed E-state index contributed by atoms with van der Waals surface area (Å²) in [4.78, 5) is 7.69. The molecule has 0 saturated heterocycles. The topological polar surface area (TPSA) is 88.8 Å². The third kappa shape index (κ3) is 4.59. The van der Waals surface area contributed by atoms with Gasteiger partial charge in [-0.05, 0) is 31.5 Å². The van der Waals surface area contributed by atoms with Gasteiger partial charge in [0.2, 0.25) is 11.7 Å². The van der Waals surface area contributed by atoms with Crippen LogP contribution in [0.3, 0.4) is 0 Å². The van der Waals surface area contributed by atoms with Crippen LogP contribution < -0.4 is 15.0 Å². The Morgan fingerprint density at radius 3 is 2.26 bits per heavy atom. The molecule has 2 aromatic heterocycles. The number of hydrogen-bond donors (Lipinski definition) is 2. The van der Waals surface area contributed by atoms with E-state index < -0.39 is 23.0 Å². The molecule has 0 saturated carbocycles. The fraction of sp³-hybridized carbons (Fsp3) is 0.333. The maximum absolute atomic E-state index is 13.1. The largest absolute Gasteiger partial charge is 0.462 e. The van der Waals surface area contributed by atoms with Gasteiger partial charge in [0.1, 0.15) is 11.9 Å². The number of aromatic nitrogens is 3. The van der Waals surface area contributed by atoms with E-state index in [2.05, 4.69) is 9.97 Å². The van der Waals surface area contributed by atoms with Gasteiger partial charge in [0.05, 0.1) is 6.20 Å². The van der Waals surface area contributed by atoms with Crippen LogP contribution in [-0.2, 0) is 0 Å². The number of alkyl halides is 6. The van der Waals surface area contributed by atoms with E-state index >= 15 is 0 Å². The molecular formula is C15H14ClF5N5O+. The molecule has 12 heteroatoms. The Hall–Kier alpha value is -2.56. The van der Waals surface area contributed by atoms with Crippen LogP contribution in [0.4, 0.5) is 27.8 Å². The number of ether oxygens (including phenoxy) is 1.